The minimum absolute atomic E-state index is 0.0672. The largest absolute Gasteiger partial charge is 0.271 e. The Kier molecular flexibility index (Phi) is 3.24. The number of nitrogens with two attached hydrogens (primary N) is 1. The molecule has 2 heterocycles. The van der Waals surface area contributed by atoms with Crippen LogP contribution in [-0.2, 0) is 0 Å². The van der Waals surface area contributed by atoms with Crippen molar-refractivity contribution in [1.29, 1.82) is 0 Å². The van der Waals surface area contributed by atoms with Crippen LogP contribution in [0.1, 0.15) is 22.7 Å². The second-order valence-electron chi connectivity index (χ2n) is 3.62. The monoisotopic (exact) mass is 214 g/mol. The molecule has 0 aromatic carbocycles. The molecular formula is C12H14N4. The van der Waals surface area contributed by atoms with E-state index in [0.29, 0.717) is 0 Å². The zero-order valence-electron chi connectivity index (χ0n) is 9.09. The van der Waals surface area contributed by atoms with Gasteiger partial charge in [-0.3, -0.25) is 15.8 Å². The van der Waals surface area contributed by atoms with Crippen LogP contribution in [0.4, 0.5) is 0 Å². The van der Waals surface area contributed by atoms with Crippen molar-refractivity contribution < 1.29 is 0 Å². The number of hydrazine groups is 1. The highest BCUT2D eigenvalue weighted by Crippen LogP contribution is 2.22. The van der Waals surface area contributed by atoms with Gasteiger partial charge in [-0.1, -0.05) is 6.07 Å². The van der Waals surface area contributed by atoms with Crippen LogP contribution < -0.4 is 11.3 Å². The lowest BCUT2D eigenvalue weighted by Crippen LogP contribution is -2.29. The van der Waals surface area contributed by atoms with Crippen molar-refractivity contribution in [3.8, 4) is 0 Å². The van der Waals surface area contributed by atoms with E-state index >= 15 is 0 Å². The van der Waals surface area contributed by atoms with Crippen molar-refractivity contribution in [1.82, 2.24) is 15.4 Å². The molecule has 4 heteroatoms. The molecule has 2 rings (SSSR count). The van der Waals surface area contributed by atoms with Crippen LogP contribution >= 0.6 is 0 Å². The first-order valence-corrected chi connectivity index (χ1v) is 5.09. The van der Waals surface area contributed by atoms with Crippen molar-refractivity contribution in [3.63, 3.8) is 0 Å². The number of nitrogens with one attached hydrogen (secondary N) is 1. The van der Waals surface area contributed by atoms with E-state index in [2.05, 4.69) is 15.4 Å². The van der Waals surface area contributed by atoms with Crippen LogP contribution in [0.25, 0.3) is 0 Å². The highest BCUT2D eigenvalue weighted by molar-refractivity contribution is 5.33. The maximum absolute atomic E-state index is 5.60. The molecule has 2 aromatic heterocycles. The second kappa shape index (κ2) is 4.83. The number of pyridine rings is 2. The normalized spacial score (nSPS) is 12.4. The Morgan fingerprint density at radius 1 is 1.19 bits per heavy atom. The molecule has 0 fully saturated rings. The molecule has 3 N–H and O–H groups in total. The van der Waals surface area contributed by atoms with Gasteiger partial charge in [0.15, 0.2) is 0 Å². The Morgan fingerprint density at radius 2 is 2.00 bits per heavy atom. The topological polar surface area (TPSA) is 63.8 Å². The van der Waals surface area contributed by atoms with Gasteiger partial charge in [0.2, 0.25) is 0 Å². The maximum Gasteiger partial charge on any atom is 0.0742 e. The van der Waals surface area contributed by atoms with Crippen LogP contribution in [0.15, 0.2) is 43.0 Å². The van der Waals surface area contributed by atoms with Gasteiger partial charge in [0.1, 0.15) is 0 Å². The van der Waals surface area contributed by atoms with E-state index < -0.39 is 0 Å². The van der Waals surface area contributed by atoms with Gasteiger partial charge in [-0.05, 0) is 35.7 Å². The first-order valence-electron chi connectivity index (χ1n) is 5.09. The average Bonchev–Trinajstić information content (AvgIpc) is 2.34. The van der Waals surface area contributed by atoms with E-state index in [1.54, 1.807) is 18.6 Å². The van der Waals surface area contributed by atoms with E-state index in [4.69, 9.17) is 5.84 Å². The molecule has 4 nitrogen and oxygen atoms in total. The number of rotatable bonds is 3. The maximum atomic E-state index is 5.60. The molecule has 0 radical (unpaired) electrons. The first-order chi connectivity index (χ1) is 7.83. The molecule has 16 heavy (non-hydrogen) atoms. The third-order valence-corrected chi connectivity index (χ3v) is 2.57. The summed E-state index contributed by atoms with van der Waals surface area (Å²) in [5.41, 5.74) is 6.05. The molecule has 0 saturated carbocycles. The zero-order chi connectivity index (χ0) is 11.4. The summed E-state index contributed by atoms with van der Waals surface area (Å²) in [5, 5.41) is 0. The second-order valence-corrected chi connectivity index (χ2v) is 3.62. The van der Waals surface area contributed by atoms with Gasteiger partial charge in [0, 0.05) is 24.8 Å². The van der Waals surface area contributed by atoms with Gasteiger partial charge < -0.3 is 0 Å². The van der Waals surface area contributed by atoms with Crippen molar-refractivity contribution in [2.45, 2.75) is 13.0 Å². The van der Waals surface area contributed by atoms with Crippen molar-refractivity contribution in [2.75, 3.05) is 0 Å². The highest BCUT2D eigenvalue weighted by Gasteiger charge is 2.14. The molecule has 0 aliphatic rings. The number of aromatic nitrogens is 2. The Hall–Kier alpha value is -1.78. The van der Waals surface area contributed by atoms with Crippen molar-refractivity contribution in [2.24, 2.45) is 5.84 Å². The summed E-state index contributed by atoms with van der Waals surface area (Å²) < 4.78 is 0. The molecule has 2 aromatic rings. The fraction of sp³-hybridized carbons (Fsp3) is 0.167. The Bertz CT molecular complexity index is 456. The van der Waals surface area contributed by atoms with Gasteiger partial charge in [0.05, 0.1) is 6.04 Å². The standard InChI is InChI=1S/C12H14N4/c1-9-4-6-15-8-11(9)12(16-13)10-3-2-5-14-7-10/h2-8,12,16H,13H2,1H3. The fourth-order valence-corrected chi connectivity index (χ4v) is 1.69. The Morgan fingerprint density at radius 3 is 2.62 bits per heavy atom. The van der Waals surface area contributed by atoms with E-state index in [1.165, 1.54) is 0 Å². The number of nitrogens with zero attached hydrogens (tertiary/aromatic N) is 2. The molecule has 0 amide bonds. The van der Waals surface area contributed by atoms with E-state index in [9.17, 15) is 0 Å². The molecule has 0 aliphatic heterocycles. The summed E-state index contributed by atoms with van der Waals surface area (Å²) in [6, 6.07) is 5.79. The number of hydrogen-bond acceptors (Lipinski definition) is 4. The van der Waals surface area contributed by atoms with E-state index in [-0.39, 0.29) is 6.04 Å². The lowest BCUT2D eigenvalue weighted by molar-refractivity contribution is 0.629. The third kappa shape index (κ3) is 2.08. The summed E-state index contributed by atoms with van der Waals surface area (Å²) >= 11 is 0. The van der Waals surface area contributed by atoms with Crippen LogP contribution in [0, 0.1) is 6.92 Å². The predicted molar refractivity (Wildman–Crippen MR) is 62.4 cm³/mol. The predicted octanol–water partition coefficient (Wildman–Crippen LogP) is 1.34. The van der Waals surface area contributed by atoms with Crippen molar-refractivity contribution >= 4 is 0 Å². The van der Waals surface area contributed by atoms with Gasteiger partial charge in [-0.25, -0.2) is 5.43 Å². The fourth-order valence-electron chi connectivity index (χ4n) is 1.69. The van der Waals surface area contributed by atoms with Gasteiger partial charge in [-0.2, -0.15) is 0 Å². The summed E-state index contributed by atoms with van der Waals surface area (Å²) in [6.07, 6.45) is 7.15. The Balaban J connectivity index is 2.41. The summed E-state index contributed by atoms with van der Waals surface area (Å²) in [4.78, 5) is 8.22. The molecule has 1 atom stereocenters. The Labute approximate surface area is 94.5 Å². The van der Waals surface area contributed by atoms with Gasteiger partial charge in [-0.15, -0.1) is 0 Å². The molecule has 0 saturated heterocycles. The van der Waals surface area contributed by atoms with Crippen molar-refractivity contribution in [3.05, 3.63) is 59.7 Å². The zero-order valence-corrected chi connectivity index (χ0v) is 9.09. The molecule has 0 bridgehead atoms. The highest BCUT2D eigenvalue weighted by atomic mass is 15.2. The minimum atomic E-state index is -0.0672. The number of aryl methyl sites for hydroxylation is 1. The molecule has 1 unspecified atom stereocenters. The quantitative estimate of drug-likeness (QED) is 0.597. The van der Waals surface area contributed by atoms with E-state index in [1.807, 2.05) is 31.3 Å². The van der Waals surface area contributed by atoms with E-state index in [0.717, 1.165) is 16.7 Å². The van der Waals surface area contributed by atoms with Crippen LogP contribution in [-0.4, -0.2) is 9.97 Å². The average molecular weight is 214 g/mol. The van der Waals surface area contributed by atoms with Crippen LogP contribution in [0.3, 0.4) is 0 Å². The molecule has 82 valence electrons. The van der Waals surface area contributed by atoms with Crippen LogP contribution in [0.2, 0.25) is 0 Å². The SMILES string of the molecule is Cc1ccncc1C(NN)c1cccnc1. The molecule has 0 spiro atoms. The summed E-state index contributed by atoms with van der Waals surface area (Å²) in [6.45, 7) is 2.04. The summed E-state index contributed by atoms with van der Waals surface area (Å²) in [7, 11) is 0. The first kappa shape index (κ1) is 10.7. The minimum Gasteiger partial charge on any atom is -0.271 e. The molecule has 0 aliphatic carbocycles. The molecular weight excluding hydrogens is 200 g/mol. The van der Waals surface area contributed by atoms with Gasteiger partial charge >= 0.3 is 0 Å². The number of hydrogen-bond donors (Lipinski definition) is 2. The van der Waals surface area contributed by atoms with Crippen LogP contribution in [0.5, 0.6) is 0 Å². The lowest BCUT2D eigenvalue weighted by Gasteiger charge is -2.17. The lowest BCUT2D eigenvalue weighted by atomic mass is 9.99. The smallest absolute Gasteiger partial charge is 0.0742 e. The third-order valence-electron chi connectivity index (χ3n) is 2.57. The summed E-state index contributed by atoms with van der Waals surface area (Å²) in [5.74, 6) is 5.60. The van der Waals surface area contributed by atoms with Gasteiger partial charge in [0.25, 0.3) is 0 Å².